The highest BCUT2D eigenvalue weighted by Gasteiger charge is 2.26. The number of benzene rings is 2. The number of rotatable bonds is 7. The first-order chi connectivity index (χ1) is 13.5. The minimum absolute atomic E-state index is 0.140. The quantitative estimate of drug-likeness (QED) is 0.615. The topological polar surface area (TPSA) is 87.4 Å². The van der Waals surface area contributed by atoms with Gasteiger partial charge in [0.05, 0.1) is 34.0 Å². The van der Waals surface area contributed by atoms with Crippen LogP contribution in [0, 0.1) is 0 Å². The van der Waals surface area contributed by atoms with E-state index in [1.54, 1.807) is 24.3 Å². The van der Waals surface area contributed by atoms with Gasteiger partial charge in [-0.2, -0.15) is 0 Å². The molecule has 1 heterocycles. The van der Waals surface area contributed by atoms with Crippen molar-refractivity contribution in [3.05, 3.63) is 41.2 Å². The molecule has 0 saturated heterocycles. The van der Waals surface area contributed by atoms with E-state index in [1.165, 1.54) is 28.4 Å². The fourth-order valence-electron chi connectivity index (χ4n) is 3.20. The first-order valence-electron chi connectivity index (χ1n) is 8.66. The Morgan fingerprint density at radius 3 is 2.07 bits per heavy atom. The smallest absolute Gasteiger partial charge is 0.203 e. The predicted octanol–water partition coefficient (Wildman–Crippen LogP) is 3.97. The van der Waals surface area contributed by atoms with Gasteiger partial charge in [0.25, 0.3) is 0 Å². The number of aromatic hydroxyl groups is 1. The highest BCUT2D eigenvalue weighted by atomic mass is 16.5. The van der Waals surface area contributed by atoms with Gasteiger partial charge in [-0.25, -0.2) is 0 Å². The molecule has 1 N–H and O–H groups in total. The number of fused-ring (bicyclic) bond motifs is 1. The fraction of sp³-hybridized carbons (Fsp3) is 0.286. The molecule has 28 heavy (non-hydrogen) atoms. The normalized spacial score (nSPS) is 10.8. The van der Waals surface area contributed by atoms with Crippen LogP contribution in [-0.2, 0) is 6.42 Å². The fourth-order valence-corrected chi connectivity index (χ4v) is 3.20. The summed E-state index contributed by atoms with van der Waals surface area (Å²) < 4.78 is 26.9. The molecule has 2 aromatic carbocycles. The van der Waals surface area contributed by atoms with Crippen LogP contribution in [0.1, 0.15) is 28.6 Å². The Morgan fingerprint density at radius 1 is 0.964 bits per heavy atom. The van der Waals surface area contributed by atoms with Gasteiger partial charge in [0, 0.05) is 17.4 Å². The molecule has 0 unspecified atom stereocenters. The van der Waals surface area contributed by atoms with E-state index in [9.17, 15) is 9.90 Å². The van der Waals surface area contributed by atoms with Crippen LogP contribution in [-0.4, -0.2) is 39.3 Å². The summed E-state index contributed by atoms with van der Waals surface area (Å²) in [4.78, 5) is 13.4. The van der Waals surface area contributed by atoms with Crippen LogP contribution in [0.25, 0.3) is 11.0 Å². The number of hydrogen-bond donors (Lipinski definition) is 1. The van der Waals surface area contributed by atoms with Crippen LogP contribution < -0.4 is 18.9 Å². The van der Waals surface area contributed by atoms with Gasteiger partial charge < -0.3 is 28.5 Å². The van der Waals surface area contributed by atoms with Crippen molar-refractivity contribution in [3.8, 4) is 28.7 Å². The summed E-state index contributed by atoms with van der Waals surface area (Å²) in [5.41, 5.74) is 0.943. The summed E-state index contributed by atoms with van der Waals surface area (Å²) in [6, 6.07) is 6.47. The van der Waals surface area contributed by atoms with E-state index in [0.717, 1.165) is 0 Å². The maximum Gasteiger partial charge on any atom is 0.203 e. The highest BCUT2D eigenvalue weighted by Crippen LogP contribution is 2.42. The molecule has 0 atom stereocenters. The lowest BCUT2D eigenvalue weighted by Gasteiger charge is -2.13. The second-order valence-electron chi connectivity index (χ2n) is 5.99. The summed E-state index contributed by atoms with van der Waals surface area (Å²) in [7, 11) is 5.92. The lowest BCUT2D eigenvalue weighted by molar-refractivity contribution is 0.103. The van der Waals surface area contributed by atoms with Crippen LogP contribution >= 0.6 is 0 Å². The van der Waals surface area contributed by atoms with Crippen molar-refractivity contribution in [1.29, 1.82) is 0 Å². The molecule has 0 spiro atoms. The molecule has 0 bridgehead atoms. The summed E-state index contributed by atoms with van der Waals surface area (Å²) in [5, 5.41) is 10.9. The second-order valence-corrected chi connectivity index (χ2v) is 5.99. The van der Waals surface area contributed by atoms with E-state index in [1.807, 2.05) is 6.92 Å². The van der Waals surface area contributed by atoms with E-state index >= 15 is 0 Å². The number of ether oxygens (including phenoxy) is 4. The number of furan rings is 1. The van der Waals surface area contributed by atoms with Crippen LogP contribution in [0.5, 0.6) is 28.7 Å². The first kappa shape index (κ1) is 19.4. The average Bonchev–Trinajstić information content (AvgIpc) is 3.11. The molecule has 7 heteroatoms. The third-order valence-corrected chi connectivity index (χ3v) is 4.56. The van der Waals surface area contributed by atoms with Gasteiger partial charge >= 0.3 is 0 Å². The predicted molar refractivity (Wildman–Crippen MR) is 103 cm³/mol. The zero-order chi connectivity index (χ0) is 20.4. The lowest BCUT2D eigenvalue weighted by Crippen LogP contribution is -2.05. The zero-order valence-electron chi connectivity index (χ0n) is 16.4. The van der Waals surface area contributed by atoms with E-state index in [-0.39, 0.29) is 22.9 Å². The molecule has 0 fully saturated rings. The number of carbonyl (C=O) groups is 1. The Hall–Kier alpha value is -3.35. The number of hydrogen-bond acceptors (Lipinski definition) is 7. The largest absolute Gasteiger partial charge is 0.502 e. The maximum atomic E-state index is 13.4. The summed E-state index contributed by atoms with van der Waals surface area (Å²) >= 11 is 0. The van der Waals surface area contributed by atoms with E-state index in [0.29, 0.717) is 45.9 Å². The van der Waals surface area contributed by atoms with E-state index in [4.69, 9.17) is 23.4 Å². The third kappa shape index (κ3) is 2.98. The van der Waals surface area contributed by atoms with Crippen LogP contribution in [0.4, 0.5) is 0 Å². The molecule has 0 radical (unpaired) electrons. The number of ketones is 1. The summed E-state index contributed by atoms with van der Waals surface area (Å²) in [5.74, 6) is 1.48. The van der Waals surface area contributed by atoms with E-state index in [2.05, 4.69) is 0 Å². The van der Waals surface area contributed by atoms with Crippen molar-refractivity contribution in [3.63, 3.8) is 0 Å². The Kier molecular flexibility index (Phi) is 5.35. The SMILES string of the molecule is CCc1oc2c(O)c(OC)ccc2c1C(=O)c1cc(OC)c(OC)c(OC)c1. The summed E-state index contributed by atoms with van der Waals surface area (Å²) in [6.45, 7) is 1.87. The number of carbonyl (C=O) groups excluding carboxylic acids is 1. The molecule has 0 aliphatic carbocycles. The van der Waals surface area contributed by atoms with Gasteiger partial charge in [-0.05, 0) is 24.3 Å². The summed E-state index contributed by atoms with van der Waals surface area (Å²) in [6.07, 6.45) is 0.474. The Balaban J connectivity index is 2.23. The van der Waals surface area contributed by atoms with Crippen LogP contribution in [0.2, 0.25) is 0 Å². The molecule has 3 rings (SSSR count). The third-order valence-electron chi connectivity index (χ3n) is 4.56. The number of phenolic OH excluding ortho intramolecular Hbond substituents is 1. The standard InChI is InChI=1S/C21H22O7/c1-6-13-17(12-7-8-14(24-2)19(23)20(12)28-13)18(22)11-9-15(25-3)21(27-5)16(10-11)26-4/h7-10,23H,6H2,1-5H3. The molecule has 7 nitrogen and oxygen atoms in total. The van der Waals surface area contributed by atoms with Crippen molar-refractivity contribution in [2.24, 2.45) is 0 Å². The zero-order valence-corrected chi connectivity index (χ0v) is 16.4. The van der Waals surface area contributed by atoms with Crippen molar-refractivity contribution in [2.45, 2.75) is 13.3 Å². The monoisotopic (exact) mass is 386 g/mol. The van der Waals surface area contributed by atoms with Gasteiger partial charge in [0.2, 0.25) is 11.5 Å². The van der Waals surface area contributed by atoms with E-state index < -0.39 is 0 Å². The molecule has 0 aliphatic heterocycles. The highest BCUT2D eigenvalue weighted by molar-refractivity contribution is 6.18. The molecule has 0 saturated carbocycles. The number of phenols is 1. The average molecular weight is 386 g/mol. The molecule has 148 valence electrons. The molecular weight excluding hydrogens is 364 g/mol. The van der Waals surface area contributed by atoms with Gasteiger partial charge in [-0.15, -0.1) is 0 Å². The Morgan fingerprint density at radius 2 is 1.57 bits per heavy atom. The molecule has 0 amide bonds. The van der Waals surface area contributed by atoms with Gasteiger partial charge in [0.15, 0.2) is 28.6 Å². The van der Waals surface area contributed by atoms with Gasteiger partial charge in [0.1, 0.15) is 5.76 Å². The minimum atomic E-state index is -0.278. The van der Waals surface area contributed by atoms with Crippen molar-refractivity contribution >= 4 is 16.8 Å². The Labute approximate surface area is 162 Å². The van der Waals surface area contributed by atoms with Crippen LogP contribution in [0.3, 0.4) is 0 Å². The Bertz CT molecular complexity index is 1010. The van der Waals surface area contributed by atoms with Crippen LogP contribution in [0.15, 0.2) is 28.7 Å². The molecule has 1 aromatic heterocycles. The second kappa shape index (κ2) is 7.72. The molecule has 0 aliphatic rings. The van der Waals surface area contributed by atoms with Gasteiger partial charge in [-0.1, -0.05) is 6.92 Å². The molecule has 3 aromatic rings. The number of aryl methyl sites for hydroxylation is 1. The van der Waals surface area contributed by atoms with Crippen molar-refractivity contribution in [2.75, 3.05) is 28.4 Å². The van der Waals surface area contributed by atoms with Crippen molar-refractivity contribution in [1.82, 2.24) is 0 Å². The molecular formula is C21H22O7. The maximum absolute atomic E-state index is 13.4. The first-order valence-corrected chi connectivity index (χ1v) is 8.66. The van der Waals surface area contributed by atoms with Gasteiger partial charge in [-0.3, -0.25) is 4.79 Å². The number of methoxy groups -OCH3 is 4. The lowest BCUT2D eigenvalue weighted by atomic mass is 9.98. The van der Waals surface area contributed by atoms with Crippen molar-refractivity contribution < 1.29 is 33.3 Å². The minimum Gasteiger partial charge on any atom is -0.502 e.